The number of sulfonamides is 3. The molecule has 0 heterocycles. The molecular weight excluding hydrogens is 1150 g/mol. The van der Waals surface area contributed by atoms with Crippen LogP contribution >= 0.6 is 11.6 Å². The SMILES string of the molecule is CN(CCNc1ccc(N)cc1)S(C)(=O)=O.CN(CCNc1ccc([N+](=O)[O-])cc1)S(C)(=O)=O.CS(=O)(=O)NCCNc1ccc([N+](=O)[O-])cc1.NCCNc1ccc([N+](=O)[O-])cc1.O=S(=O)(O)O.O=[N+]([O-])c1ccc(Cl)cc1. The van der Waals surface area contributed by atoms with E-state index >= 15 is 0 Å². The highest BCUT2D eigenvalue weighted by atomic mass is 35.5. The molecule has 0 aliphatic carbocycles. The van der Waals surface area contributed by atoms with Crippen LogP contribution < -0.4 is 37.5 Å². The summed E-state index contributed by atoms with van der Waals surface area (Å²) in [5.74, 6) is 0. The van der Waals surface area contributed by atoms with Crippen molar-refractivity contribution in [1.29, 1.82) is 0 Å². The summed E-state index contributed by atoms with van der Waals surface area (Å²) in [6, 6.07) is 31.1. The molecule has 0 amide bonds. The third-order valence-corrected chi connectivity index (χ3v) is 12.7. The van der Waals surface area contributed by atoms with E-state index in [1.54, 1.807) is 55.6 Å². The molecule has 0 aromatic heterocycles. The van der Waals surface area contributed by atoms with E-state index in [4.69, 9.17) is 40.6 Å². The highest BCUT2D eigenvalue weighted by molar-refractivity contribution is 7.89. The first-order valence-corrected chi connectivity index (χ1v) is 29.5. The minimum absolute atomic E-state index is 0.0183. The Morgan fingerprint density at radius 3 is 0.975 bits per heavy atom. The number of nitrogens with zero attached hydrogens (tertiary/aromatic N) is 6. The number of likely N-dealkylation sites (N-methyl/N-ethyl adjacent to an activating group) is 2. The lowest BCUT2D eigenvalue weighted by atomic mass is 10.3. The number of nitrogens with two attached hydrogens (primary N) is 2. The van der Waals surface area contributed by atoms with E-state index in [0.717, 1.165) is 23.9 Å². The number of nitro benzene ring substituents is 4. The summed E-state index contributed by atoms with van der Waals surface area (Å²) < 4.78 is 102. The normalized spacial score (nSPS) is 10.9. The van der Waals surface area contributed by atoms with Crippen LogP contribution in [0, 0.1) is 40.5 Å². The molecule has 0 unspecified atom stereocenters. The summed E-state index contributed by atoms with van der Waals surface area (Å²) >= 11 is 5.49. The fourth-order valence-electron chi connectivity index (χ4n) is 4.97. The van der Waals surface area contributed by atoms with Gasteiger partial charge in [0.2, 0.25) is 30.1 Å². The molecule has 0 atom stereocenters. The number of benzene rings is 5. The summed E-state index contributed by atoms with van der Waals surface area (Å²) in [6.07, 6.45) is 3.41. The molecule has 0 spiro atoms. The van der Waals surface area contributed by atoms with Gasteiger partial charge in [0.05, 0.1) is 38.5 Å². The Labute approximate surface area is 461 Å². The molecule has 0 radical (unpaired) electrons. The minimum Gasteiger partial charge on any atom is -0.399 e. The van der Waals surface area contributed by atoms with Gasteiger partial charge in [-0.25, -0.2) is 38.6 Å². The first-order valence-electron chi connectivity index (χ1n) is 22.1. The smallest absolute Gasteiger partial charge is 0.394 e. The van der Waals surface area contributed by atoms with Crippen LogP contribution in [0.2, 0.25) is 5.02 Å². The Bertz CT molecular complexity index is 3110. The molecule has 0 fully saturated rings. The fourth-order valence-corrected chi connectivity index (χ4v) is 6.42. The number of hydrogen-bond donors (Lipinski definition) is 9. The van der Waals surface area contributed by atoms with Crippen LogP contribution in [0.25, 0.3) is 0 Å². The van der Waals surface area contributed by atoms with Crippen molar-refractivity contribution < 1.29 is 62.5 Å². The van der Waals surface area contributed by atoms with Crippen molar-refractivity contribution in [3.63, 3.8) is 0 Å². The molecule has 0 aliphatic rings. The lowest BCUT2D eigenvalue weighted by molar-refractivity contribution is -0.385. The van der Waals surface area contributed by atoms with E-state index in [2.05, 4.69) is 26.0 Å². The average Bonchev–Trinajstić information content (AvgIpc) is 3.35. The van der Waals surface area contributed by atoms with Crippen LogP contribution in [0.4, 0.5) is 51.2 Å². The second-order valence-electron chi connectivity index (χ2n) is 15.5. The molecule has 5 aromatic rings. The highest BCUT2D eigenvalue weighted by Gasteiger charge is 2.11. The van der Waals surface area contributed by atoms with Crippen molar-refractivity contribution in [2.75, 3.05) is 112 Å². The fraction of sp³-hybridized carbons (Fsp3) is 0.302. The maximum Gasteiger partial charge on any atom is 0.394 e. The van der Waals surface area contributed by atoms with Gasteiger partial charge in [-0.15, -0.1) is 0 Å². The largest absolute Gasteiger partial charge is 0.399 e. The molecule has 79 heavy (non-hydrogen) atoms. The van der Waals surface area contributed by atoms with Crippen LogP contribution in [0.5, 0.6) is 0 Å². The van der Waals surface area contributed by atoms with E-state index in [9.17, 15) is 65.7 Å². The lowest BCUT2D eigenvalue weighted by Crippen LogP contribution is -2.30. The number of anilines is 5. The molecule has 0 saturated heterocycles. The number of nitro groups is 4. The van der Waals surface area contributed by atoms with E-state index in [1.807, 2.05) is 12.1 Å². The molecule has 11 N–H and O–H groups in total. The molecule has 0 aliphatic heterocycles. The van der Waals surface area contributed by atoms with Crippen molar-refractivity contribution in [3.05, 3.63) is 167 Å². The zero-order valence-corrected chi connectivity index (χ0v) is 47.0. The molecule has 0 bridgehead atoms. The Morgan fingerprint density at radius 2 is 0.722 bits per heavy atom. The van der Waals surface area contributed by atoms with Gasteiger partial charge < -0.3 is 32.7 Å². The highest BCUT2D eigenvalue weighted by Crippen LogP contribution is 2.18. The zero-order chi connectivity index (χ0) is 60.6. The number of nitrogen functional groups attached to an aromatic ring is 1. The number of non-ortho nitro benzene ring substituents is 4. The molecule has 0 saturated carbocycles. The number of hydrogen-bond acceptors (Lipinski definition) is 22. The van der Waals surface area contributed by atoms with Crippen LogP contribution in [-0.4, -0.2) is 156 Å². The van der Waals surface area contributed by atoms with Gasteiger partial charge in [-0.2, -0.15) is 8.42 Å². The van der Waals surface area contributed by atoms with Gasteiger partial charge >= 0.3 is 10.4 Å². The Morgan fingerprint density at radius 1 is 0.468 bits per heavy atom. The lowest BCUT2D eigenvalue weighted by Gasteiger charge is -2.14. The third kappa shape index (κ3) is 37.1. The van der Waals surface area contributed by atoms with Crippen molar-refractivity contribution in [3.8, 4) is 0 Å². The zero-order valence-electron chi connectivity index (χ0n) is 43.0. The van der Waals surface area contributed by atoms with Crippen molar-refractivity contribution in [2.24, 2.45) is 5.73 Å². The molecular formula is C43H62ClN13O18S4. The average molecular weight is 1210 g/mol. The molecule has 5 aromatic carbocycles. The minimum atomic E-state index is -4.67. The molecule has 31 nitrogen and oxygen atoms in total. The second kappa shape index (κ2) is 35.9. The van der Waals surface area contributed by atoms with Gasteiger partial charge in [0, 0.05) is 148 Å². The first-order chi connectivity index (χ1) is 36.5. The van der Waals surface area contributed by atoms with Gasteiger partial charge in [-0.3, -0.25) is 49.6 Å². The van der Waals surface area contributed by atoms with Gasteiger partial charge in [0.1, 0.15) is 0 Å². The number of rotatable bonds is 22. The summed E-state index contributed by atoms with van der Waals surface area (Å²) in [4.78, 5) is 39.4. The van der Waals surface area contributed by atoms with Crippen molar-refractivity contribution >= 4 is 103 Å². The monoisotopic (exact) mass is 1210 g/mol. The van der Waals surface area contributed by atoms with Crippen LogP contribution in [0.3, 0.4) is 0 Å². The van der Waals surface area contributed by atoms with E-state index < -0.39 is 60.2 Å². The summed E-state index contributed by atoms with van der Waals surface area (Å²) in [5, 5.41) is 53.7. The van der Waals surface area contributed by atoms with Crippen LogP contribution in [0.1, 0.15) is 0 Å². The molecule has 36 heteroatoms. The quantitative estimate of drug-likeness (QED) is 0.0150. The second-order valence-corrected chi connectivity index (χ2v) is 22.9. The van der Waals surface area contributed by atoms with E-state index in [0.29, 0.717) is 67.9 Å². The standard InChI is InChI=1S/C10H15N3O4S.C10H17N3O2S.C9H13N3O4S.C8H11N3O2.C6H4ClNO2.H2O4S/c1-12(18(2,16)17)8-7-11-9-3-5-10(6-4-9)13(14)15;1-13(16(2,14)15)8-7-12-10-5-3-9(11)4-6-10;1-17(15,16)11-7-6-10-8-2-4-9(5-3-8)12(13)14;9-5-6-10-7-1-3-8(4-2-7)11(12)13;7-5-1-3-6(4-2-5)8(9)10;1-5(2,3)4/h3-6,11H,7-8H2,1-2H3;3-6,12H,7-8,11H2,1-2H3;2-5,10-11H,6-7H2,1H3;1-4,10H,5-6,9H2;1-4H;(H2,1,2,3,4). The van der Waals surface area contributed by atoms with Gasteiger partial charge in [-0.1, -0.05) is 11.6 Å². The number of halogens is 1. The predicted octanol–water partition coefficient (Wildman–Crippen LogP) is 4.59. The third-order valence-electron chi connectivity index (χ3n) is 9.12. The maximum atomic E-state index is 11.1. The Balaban J connectivity index is 0.000000951. The summed E-state index contributed by atoms with van der Waals surface area (Å²) in [5.41, 5.74) is 14.9. The Kier molecular flexibility index (Phi) is 32.5. The Hall–Kier alpha value is -7.45. The number of nitrogens with one attached hydrogen (secondary N) is 5. The van der Waals surface area contributed by atoms with Crippen molar-refractivity contribution in [2.45, 2.75) is 0 Å². The molecule has 438 valence electrons. The van der Waals surface area contributed by atoms with Gasteiger partial charge in [0.25, 0.3) is 22.7 Å². The van der Waals surface area contributed by atoms with Crippen LogP contribution in [-0.2, 0) is 40.5 Å². The van der Waals surface area contributed by atoms with Crippen LogP contribution in [0.15, 0.2) is 121 Å². The van der Waals surface area contributed by atoms with Gasteiger partial charge in [0.15, 0.2) is 0 Å². The maximum absolute atomic E-state index is 11.1. The van der Waals surface area contributed by atoms with E-state index in [1.165, 1.54) is 82.6 Å². The summed E-state index contributed by atoms with van der Waals surface area (Å²) in [7, 11) is -11.1. The summed E-state index contributed by atoms with van der Waals surface area (Å²) in [6.45, 7) is 3.63. The van der Waals surface area contributed by atoms with E-state index in [-0.39, 0.29) is 29.3 Å². The predicted molar refractivity (Wildman–Crippen MR) is 303 cm³/mol. The van der Waals surface area contributed by atoms with Crippen molar-refractivity contribution in [1.82, 2.24) is 13.3 Å². The molecule has 5 rings (SSSR count). The van der Waals surface area contributed by atoms with Gasteiger partial charge in [-0.05, 0) is 72.8 Å². The first kappa shape index (κ1) is 71.5. The topological polar surface area (TPSA) is 468 Å².